The predicted octanol–water partition coefficient (Wildman–Crippen LogP) is 1.81. The molecule has 0 heterocycles. The topological polar surface area (TPSA) is 75.3 Å². The first-order valence-corrected chi connectivity index (χ1v) is 8.43. The van der Waals surface area contributed by atoms with Crippen LogP contribution in [0.2, 0.25) is 0 Å². The normalized spacial score (nSPS) is 12.1. The average Bonchev–Trinajstić information content (AvgIpc) is 2.23. The van der Waals surface area contributed by atoms with Crippen LogP contribution in [0.4, 0.5) is 0 Å². The van der Waals surface area contributed by atoms with E-state index in [4.69, 9.17) is 0 Å². The minimum Gasteiger partial charge on any atom is -0.355 e. The number of carbonyl (C=O) groups excluding carboxylic acids is 3. The van der Waals surface area contributed by atoms with Crippen LogP contribution >= 0.6 is 23.5 Å². The molecule has 0 radical (unpaired) electrons. The summed E-state index contributed by atoms with van der Waals surface area (Å²) >= 11 is 2.30. The quantitative estimate of drug-likeness (QED) is 0.659. The Morgan fingerprint density at radius 1 is 0.905 bits per heavy atom. The number of amides is 1. The van der Waals surface area contributed by atoms with Crippen molar-refractivity contribution >= 4 is 39.7 Å². The number of hydrogen-bond acceptors (Lipinski definition) is 6. The Morgan fingerprint density at radius 2 is 1.33 bits per heavy atom. The summed E-state index contributed by atoms with van der Waals surface area (Å²) in [4.78, 5) is 34.8. The number of thioether (sulfide) groups is 2. The van der Waals surface area contributed by atoms with Crippen LogP contribution in [0, 0.1) is 0 Å². The van der Waals surface area contributed by atoms with Crippen LogP contribution in [0.3, 0.4) is 0 Å². The van der Waals surface area contributed by atoms with Crippen molar-refractivity contribution < 1.29 is 14.4 Å². The van der Waals surface area contributed by atoms with Gasteiger partial charge in [-0.05, 0) is 34.7 Å². The molecule has 0 saturated carbocycles. The summed E-state index contributed by atoms with van der Waals surface area (Å²) in [5.74, 6) is -0.128. The molecule has 7 heteroatoms. The smallest absolute Gasteiger partial charge is 0.216 e. The van der Waals surface area contributed by atoms with E-state index in [9.17, 15) is 14.4 Å². The van der Waals surface area contributed by atoms with Gasteiger partial charge in [-0.2, -0.15) is 0 Å². The number of carbonyl (C=O) groups is 3. The first-order chi connectivity index (χ1) is 9.47. The first-order valence-electron chi connectivity index (χ1n) is 6.80. The van der Waals surface area contributed by atoms with Gasteiger partial charge in [-0.3, -0.25) is 14.4 Å². The SMILES string of the molecule is CNCC(C)(C)SC(=O)CC(=O)SC(C)(C)CNC(C)=O. The highest BCUT2D eigenvalue weighted by Gasteiger charge is 2.27. The van der Waals surface area contributed by atoms with Crippen molar-refractivity contribution in [1.29, 1.82) is 0 Å². The van der Waals surface area contributed by atoms with Crippen LogP contribution in [-0.4, -0.2) is 45.8 Å². The molecule has 0 aliphatic heterocycles. The van der Waals surface area contributed by atoms with Crippen molar-refractivity contribution in [1.82, 2.24) is 10.6 Å². The van der Waals surface area contributed by atoms with E-state index < -0.39 is 4.75 Å². The third kappa shape index (κ3) is 10.8. The van der Waals surface area contributed by atoms with Gasteiger partial charge >= 0.3 is 0 Å². The van der Waals surface area contributed by atoms with Crippen molar-refractivity contribution in [2.75, 3.05) is 20.1 Å². The van der Waals surface area contributed by atoms with E-state index in [-0.39, 0.29) is 27.3 Å². The molecule has 122 valence electrons. The Morgan fingerprint density at radius 3 is 1.71 bits per heavy atom. The second-order valence-corrected chi connectivity index (χ2v) is 9.61. The summed E-state index contributed by atoms with van der Waals surface area (Å²) in [7, 11) is 1.83. The lowest BCUT2D eigenvalue weighted by Gasteiger charge is -2.24. The zero-order chi connectivity index (χ0) is 16.7. The molecule has 0 aliphatic carbocycles. The highest BCUT2D eigenvalue weighted by atomic mass is 32.2. The molecule has 2 N–H and O–H groups in total. The van der Waals surface area contributed by atoms with Gasteiger partial charge < -0.3 is 10.6 Å². The molecule has 5 nitrogen and oxygen atoms in total. The first kappa shape index (κ1) is 20.5. The van der Waals surface area contributed by atoms with Crippen LogP contribution in [0.5, 0.6) is 0 Å². The molecule has 0 unspecified atom stereocenters. The van der Waals surface area contributed by atoms with E-state index in [1.807, 2.05) is 34.7 Å². The molecule has 0 aliphatic rings. The van der Waals surface area contributed by atoms with Crippen molar-refractivity contribution in [2.24, 2.45) is 0 Å². The largest absolute Gasteiger partial charge is 0.355 e. The maximum absolute atomic E-state index is 12.0. The molecule has 0 bridgehead atoms. The minimum atomic E-state index is -0.422. The zero-order valence-electron chi connectivity index (χ0n) is 13.7. The van der Waals surface area contributed by atoms with Crippen LogP contribution < -0.4 is 10.6 Å². The Balaban J connectivity index is 4.30. The van der Waals surface area contributed by atoms with Gasteiger partial charge in [-0.25, -0.2) is 0 Å². The van der Waals surface area contributed by atoms with Crippen molar-refractivity contribution in [2.45, 2.75) is 50.5 Å². The molecule has 0 spiro atoms. The van der Waals surface area contributed by atoms with E-state index in [0.717, 1.165) is 11.8 Å². The fourth-order valence-corrected chi connectivity index (χ4v) is 3.73. The highest BCUT2D eigenvalue weighted by molar-refractivity contribution is 8.16. The summed E-state index contributed by atoms with van der Waals surface area (Å²) in [5, 5.41) is 5.43. The molecule has 0 fully saturated rings. The maximum atomic E-state index is 12.0. The van der Waals surface area contributed by atoms with Crippen LogP contribution in [-0.2, 0) is 14.4 Å². The van der Waals surface area contributed by atoms with E-state index in [1.165, 1.54) is 18.7 Å². The van der Waals surface area contributed by atoms with Gasteiger partial charge in [-0.1, -0.05) is 23.5 Å². The maximum Gasteiger partial charge on any atom is 0.216 e. The van der Waals surface area contributed by atoms with Gasteiger partial charge in [0.15, 0.2) is 10.2 Å². The third-order valence-electron chi connectivity index (χ3n) is 2.43. The zero-order valence-corrected chi connectivity index (χ0v) is 15.3. The average molecular weight is 335 g/mol. The minimum absolute atomic E-state index is 0.0913. The standard InChI is InChI=1S/C14H26N2O3S2/c1-10(17)16-9-14(4,5)21-12(19)7-11(18)20-13(2,3)8-15-6/h15H,7-9H2,1-6H3,(H,16,17). The monoisotopic (exact) mass is 334 g/mol. The second kappa shape index (κ2) is 8.80. The Kier molecular flexibility index (Phi) is 8.58. The summed E-state index contributed by atoms with van der Waals surface area (Å²) in [6.45, 7) is 10.2. The van der Waals surface area contributed by atoms with Gasteiger partial charge in [-0.15, -0.1) is 0 Å². The van der Waals surface area contributed by atoms with Gasteiger partial charge in [0.2, 0.25) is 5.91 Å². The Bertz CT molecular complexity index is 396. The van der Waals surface area contributed by atoms with Crippen molar-refractivity contribution in [3.8, 4) is 0 Å². The second-order valence-electron chi connectivity index (χ2n) is 6.08. The molecule has 0 saturated heterocycles. The highest BCUT2D eigenvalue weighted by Crippen LogP contribution is 2.29. The van der Waals surface area contributed by atoms with Gasteiger partial charge in [0.25, 0.3) is 0 Å². The van der Waals surface area contributed by atoms with E-state index >= 15 is 0 Å². The molecule has 0 aromatic rings. The molecular formula is C14H26N2O3S2. The van der Waals surface area contributed by atoms with E-state index in [1.54, 1.807) is 0 Å². The van der Waals surface area contributed by atoms with Gasteiger partial charge in [0.05, 0.1) is 6.42 Å². The predicted molar refractivity (Wildman–Crippen MR) is 90.6 cm³/mol. The van der Waals surface area contributed by atoms with Crippen molar-refractivity contribution in [3.63, 3.8) is 0 Å². The summed E-state index contributed by atoms with van der Waals surface area (Å²) in [5.41, 5.74) is 0. The summed E-state index contributed by atoms with van der Waals surface area (Å²) < 4.78 is -0.656. The van der Waals surface area contributed by atoms with Gasteiger partial charge in [0, 0.05) is 29.5 Å². The van der Waals surface area contributed by atoms with Gasteiger partial charge in [0.1, 0.15) is 0 Å². The lowest BCUT2D eigenvalue weighted by molar-refractivity contribution is -0.120. The van der Waals surface area contributed by atoms with E-state index in [0.29, 0.717) is 13.1 Å². The third-order valence-corrected chi connectivity index (χ3v) is 4.57. The van der Waals surface area contributed by atoms with E-state index in [2.05, 4.69) is 10.6 Å². The molecule has 21 heavy (non-hydrogen) atoms. The molecule has 0 aromatic carbocycles. The van der Waals surface area contributed by atoms with Crippen molar-refractivity contribution in [3.05, 3.63) is 0 Å². The molecule has 0 aromatic heterocycles. The molecular weight excluding hydrogens is 308 g/mol. The lowest BCUT2D eigenvalue weighted by atomic mass is 10.2. The molecule has 0 atom stereocenters. The fourth-order valence-electron chi connectivity index (χ4n) is 1.64. The Labute approximate surface area is 135 Å². The molecule has 0 rings (SSSR count). The summed E-state index contributed by atoms with van der Waals surface area (Å²) in [6.07, 6.45) is -0.0913. The lowest BCUT2D eigenvalue weighted by Crippen LogP contribution is -2.36. The van der Waals surface area contributed by atoms with Crippen LogP contribution in [0.1, 0.15) is 41.0 Å². The molecule has 1 amide bonds. The van der Waals surface area contributed by atoms with Crippen LogP contribution in [0.25, 0.3) is 0 Å². The summed E-state index contributed by atoms with van der Waals surface area (Å²) in [6, 6.07) is 0. The Hall–Kier alpha value is -0.530. The number of hydrogen-bond donors (Lipinski definition) is 2. The fraction of sp³-hybridized carbons (Fsp3) is 0.786. The van der Waals surface area contributed by atoms with Crippen LogP contribution in [0.15, 0.2) is 0 Å². The number of rotatable bonds is 8. The number of nitrogens with one attached hydrogen (secondary N) is 2.